The molecule has 4 saturated carbocycles. The molecule has 1 aromatic carbocycles. The molecule has 0 heterocycles. The minimum Gasteiger partial charge on any atom is -0.484 e. The third kappa shape index (κ3) is 3.38. The van der Waals surface area contributed by atoms with Gasteiger partial charge in [0.25, 0.3) is 5.91 Å². The minimum atomic E-state index is -0.0681. The van der Waals surface area contributed by atoms with Crippen molar-refractivity contribution in [2.45, 2.75) is 58.4 Å². The molecule has 4 fully saturated rings. The summed E-state index contributed by atoms with van der Waals surface area (Å²) in [5.74, 6) is 3.13. The summed E-state index contributed by atoms with van der Waals surface area (Å²) in [6, 6.07) is 7.21. The Morgan fingerprint density at radius 1 is 1.15 bits per heavy atom. The van der Waals surface area contributed by atoms with Gasteiger partial charge in [0.15, 0.2) is 12.4 Å². The molecule has 0 spiro atoms. The Balaban J connectivity index is 1.33. The number of ether oxygens (including phenoxy) is 1. The van der Waals surface area contributed by atoms with Crippen LogP contribution in [0.5, 0.6) is 5.75 Å². The van der Waals surface area contributed by atoms with Crippen molar-refractivity contribution in [2.24, 2.45) is 23.2 Å². The van der Waals surface area contributed by atoms with Crippen LogP contribution in [0.4, 0.5) is 0 Å². The summed E-state index contributed by atoms with van der Waals surface area (Å²) in [6.45, 7) is 3.71. The maximum Gasteiger partial charge on any atom is 0.258 e. The number of hydrogen-bond donors (Lipinski definition) is 1. The zero-order valence-corrected chi connectivity index (χ0v) is 15.8. The lowest BCUT2D eigenvalue weighted by molar-refractivity contribution is -0.127. The van der Waals surface area contributed by atoms with Gasteiger partial charge in [-0.05, 0) is 87.7 Å². The van der Waals surface area contributed by atoms with Crippen LogP contribution in [0, 0.1) is 23.2 Å². The van der Waals surface area contributed by atoms with Gasteiger partial charge in [-0.3, -0.25) is 9.59 Å². The Hall–Kier alpha value is -1.84. The van der Waals surface area contributed by atoms with Crippen LogP contribution in [-0.2, 0) is 4.79 Å². The van der Waals surface area contributed by atoms with E-state index in [1.165, 1.54) is 45.4 Å². The monoisotopic (exact) mass is 355 g/mol. The largest absolute Gasteiger partial charge is 0.484 e. The van der Waals surface area contributed by atoms with E-state index in [-0.39, 0.29) is 24.3 Å². The lowest BCUT2D eigenvalue weighted by Crippen LogP contribution is -2.56. The van der Waals surface area contributed by atoms with E-state index in [1.807, 2.05) is 0 Å². The lowest BCUT2D eigenvalue weighted by Gasteiger charge is -2.59. The number of carbonyl (C=O) groups excluding carboxylic acids is 2. The molecule has 0 radical (unpaired) electrons. The highest BCUT2D eigenvalue weighted by Crippen LogP contribution is 2.61. The molecule has 0 unspecified atom stereocenters. The quantitative estimate of drug-likeness (QED) is 0.785. The van der Waals surface area contributed by atoms with Crippen LogP contribution in [0.15, 0.2) is 24.3 Å². The Bertz CT molecular complexity index is 676. The van der Waals surface area contributed by atoms with Crippen LogP contribution in [0.3, 0.4) is 0 Å². The van der Waals surface area contributed by atoms with E-state index in [2.05, 4.69) is 12.2 Å². The van der Waals surface area contributed by atoms with Crippen LogP contribution in [0.1, 0.15) is 62.7 Å². The van der Waals surface area contributed by atoms with Gasteiger partial charge in [-0.1, -0.05) is 12.1 Å². The van der Waals surface area contributed by atoms with Crippen molar-refractivity contribution in [1.82, 2.24) is 5.32 Å². The molecule has 4 aliphatic rings. The molecule has 1 atom stereocenters. The molecule has 4 bridgehead atoms. The molecule has 1 aromatic rings. The number of carbonyl (C=O) groups is 2. The van der Waals surface area contributed by atoms with E-state index < -0.39 is 0 Å². The van der Waals surface area contributed by atoms with Crippen molar-refractivity contribution in [2.75, 3.05) is 6.61 Å². The first-order valence-electron chi connectivity index (χ1n) is 9.97. The second-order valence-electron chi connectivity index (χ2n) is 8.94. The number of Topliss-reactive ketones (excluding diaryl/α,β-unsaturated/α-hetero) is 1. The lowest BCUT2D eigenvalue weighted by atomic mass is 9.48. The highest BCUT2D eigenvalue weighted by molar-refractivity contribution is 5.94. The van der Waals surface area contributed by atoms with Crippen molar-refractivity contribution in [1.29, 1.82) is 0 Å². The van der Waals surface area contributed by atoms with Crippen molar-refractivity contribution < 1.29 is 14.3 Å². The number of nitrogens with one attached hydrogen (secondary N) is 1. The molecule has 4 heteroatoms. The van der Waals surface area contributed by atoms with Gasteiger partial charge in [-0.15, -0.1) is 0 Å². The molecule has 26 heavy (non-hydrogen) atoms. The Kier molecular flexibility index (Phi) is 4.54. The molecule has 0 saturated heterocycles. The zero-order chi connectivity index (χ0) is 18.3. The van der Waals surface area contributed by atoms with Crippen LogP contribution < -0.4 is 10.1 Å². The second-order valence-corrected chi connectivity index (χ2v) is 8.94. The Labute approximate surface area is 155 Å². The fourth-order valence-corrected chi connectivity index (χ4v) is 6.10. The summed E-state index contributed by atoms with van der Waals surface area (Å²) >= 11 is 0. The second kappa shape index (κ2) is 6.71. The predicted molar refractivity (Wildman–Crippen MR) is 100 cm³/mol. The highest BCUT2D eigenvalue weighted by atomic mass is 16.5. The molecular weight excluding hydrogens is 326 g/mol. The maximum atomic E-state index is 12.4. The average Bonchev–Trinajstić information content (AvgIpc) is 2.59. The van der Waals surface area contributed by atoms with Gasteiger partial charge in [-0.25, -0.2) is 0 Å². The maximum absolute atomic E-state index is 12.4. The molecule has 0 aromatic heterocycles. The van der Waals surface area contributed by atoms with Crippen LogP contribution in [0.25, 0.3) is 0 Å². The molecule has 4 aliphatic carbocycles. The first-order valence-corrected chi connectivity index (χ1v) is 9.97. The Morgan fingerprint density at radius 3 is 2.35 bits per heavy atom. The predicted octanol–water partition coefficient (Wildman–Crippen LogP) is 3.99. The normalized spacial score (nSPS) is 32.9. The number of rotatable bonds is 6. The van der Waals surface area contributed by atoms with Gasteiger partial charge in [0, 0.05) is 11.6 Å². The van der Waals surface area contributed by atoms with Crippen molar-refractivity contribution in [3.63, 3.8) is 0 Å². The molecule has 5 rings (SSSR count). The van der Waals surface area contributed by atoms with E-state index in [1.54, 1.807) is 24.3 Å². The van der Waals surface area contributed by atoms with Crippen LogP contribution in [-0.4, -0.2) is 24.3 Å². The Morgan fingerprint density at radius 2 is 1.77 bits per heavy atom. The first-order chi connectivity index (χ1) is 12.4. The fourth-order valence-electron chi connectivity index (χ4n) is 6.10. The van der Waals surface area contributed by atoms with Crippen molar-refractivity contribution in [3.8, 4) is 5.75 Å². The molecule has 4 nitrogen and oxygen atoms in total. The number of benzene rings is 1. The highest BCUT2D eigenvalue weighted by Gasteiger charge is 2.53. The fraction of sp³-hybridized carbons (Fsp3) is 0.636. The smallest absolute Gasteiger partial charge is 0.258 e. The SMILES string of the molecule is CC(=O)c1cccc(OCC(=O)N[C@H](C)C23CC4CC(CC(C4)C2)C3)c1. The molecule has 1 amide bonds. The van der Waals surface area contributed by atoms with E-state index in [4.69, 9.17) is 4.74 Å². The summed E-state index contributed by atoms with van der Waals surface area (Å²) in [4.78, 5) is 23.9. The third-order valence-electron chi connectivity index (χ3n) is 6.99. The van der Waals surface area contributed by atoms with E-state index in [9.17, 15) is 9.59 Å². The van der Waals surface area contributed by atoms with E-state index >= 15 is 0 Å². The summed E-state index contributed by atoms with van der Waals surface area (Å²) in [5, 5.41) is 3.21. The van der Waals surface area contributed by atoms with Gasteiger partial charge in [0.1, 0.15) is 5.75 Å². The van der Waals surface area contributed by atoms with Crippen LogP contribution in [0.2, 0.25) is 0 Å². The molecule has 140 valence electrons. The molecular formula is C22H29NO3. The summed E-state index contributed by atoms with van der Waals surface area (Å²) in [7, 11) is 0. The standard InChI is InChI=1S/C22H29NO3/c1-14(24)19-4-3-5-20(9-19)26-13-21(25)23-15(2)22-10-16-6-17(11-22)8-18(7-16)12-22/h3-5,9,15-18H,6-8,10-13H2,1-2H3,(H,23,25)/t15-,16?,17?,18?,22?/m1/s1. The first kappa shape index (κ1) is 17.6. The third-order valence-corrected chi connectivity index (χ3v) is 6.99. The molecule has 1 N–H and O–H groups in total. The summed E-state index contributed by atoms with van der Waals surface area (Å²) < 4.78 is 5.61. The van der Waals surface area contributed by atoms with Crippen LogP contribution >= 0.6 is 0 Å². The zero-order valence-electron chi connectivity index (χ0n) is 15.8. The number of amides is 1. The number of ketones is 1. The van der Waals surface area contributed by atoms with Crippen molar-refractivity contribution in [3.05, 3.63) is 29.8 Å². The van der Waals surface area contributed by atoms with Gasteiger partial charge in [0.2, 0.25) is 0 Å². The van der Waals surface area contributed by atoms with Gasteiger partial charge in [0.05, 0.1) is 0 Å². The van der Waals surface area contributed by atoms with E-state index in [0.717, 1.165) is 17.8 Å². The summed E-state index contributed by atoms with van der Waals surface area (Å²) in [5.41, 5.74) is 0.906. The topological polar surface area (TPSA) is 55.4 Å². The van der Waals surface area contributed by atoms with E-state index in [0.29, 0.717) is 16.7 Å². The van der Waals surface area contributed by atoms with Gasteiger partial charge < -0.3 is 10.1 Å². The minimum absolute atomic E-state index is 0.00192. The summed E-state index contributed by atoms with van der Waals surface area (Å²) in [6.07, 6.45) is 8.08. The number of hydrogen-bond acceptors (Lipinski definition) is 3. The molecule has 0 aliphatic heterocycles. The van der Waals surface area contributed by atoms with Crippen molar-refractivity contribution >= 4 is 11.7 Å². The van der Waals surface area contributed by atoms with Gasteiger partial charge >= 0.3 is 0 Å². The average molecular weight is 355 g/mol. The van der Waals surface area contributed by atoms with Gasteiger partial charge in [-0.2, -0.15) is 0 Å².